The van der Waals surface area contributed by atoms with Crippen LogP contribution in [0.5, 0.6) is 0 Å². The second-order valence-corrected chi connectivity index (χ2v) is 8.21. The van der Waals surface area contributed by atoms with Gasteiger partial charge in [0.25, 0.3) is 0 Å². The Morgan fingerprint density at radius 1 is 1.33 bits per heavy atom. The molecule has 0 spiro atoms. The second-order valence-electron chi connectivity index (χ2n) is 6.06. The summed E-state index contributed by atoms with van der Waals surface area (Å²) < 4.78 is 10.2. The summed E-state index contributed by atoms with van der Waals surface area (Å²) in [6.07, 6.45) is 0. The highest BCUT2D eigenvalue weighted by Crippen LogP contribution is 2.45. The number of methoxy groups -OCH3 is 1. The van der Waals surface area contributed by atoms with E-state index in [-0.39, 0.29) is 29.9 Å². The molecule has 144 valence electrons. The number of amides is 1. The highest BCUT2D eigenvalue weighted by Gasteiger charge is 2.46. The van der Waals surface area contributed by atoms with Gasteiger partial charge in [-0.2, -0.15) is 0 Å². The first-order chi connectivity index (χ1) is 12.8. The normalized spacial score (nSPS) is 22.0. The summed E-state index contributed by atoms with van der Waals surface area (Å²) in [7, 11) is 1.52. The lowest BCUT2D eigenvalue weighted by Gasteiger charge is -2.33. The zero-order valence-electron chi connectivity index (χ0n) is 15.0. The van der Waals surface area contributed by atoms with Crippen molar-refractivity contribution in [2.24, 2.45) is 4.99 Å². The molecule has 6 nitrogen and oxygen atoms in total. The molecule has 0 bridgehead atoms. The molecule has 2 atom stereocenters. The number of esters is 1. The van der Waals surface area contributed by atoms with Crippen molar-refractivity contribution < 1.29 is 19.1 Å². The molecule has 0 N–H and O–H groups in total. The van der Waals surface area contributed by atoms with Crippen LogP contribution in [0.4, 0.5) is 0 Å². The molecule has 2 aliphatic rings. The van der Waals surface area contributed by atoms with E-state index in [4.69, 9.17) is 32.7 Å². The lowest BCUT2D eigenvalue weighted by atomic mass is 9.94. The van der Waals surface area contributed by atoms with Crippen LogP contribution in [-0.4, -0.2) is 47.5 Å². The number of aliphatic imine (C=N–C) groups is 1. The van der Waals surface area contributed by atoms with Crippen LogP contribution in [0.25, 0.3) is 0 Å². The third kappa shape index (κ3) is 3.87. The van der Waals surface area contributed by atoms with Crippen LogP contribution < -0.4 is 0 Å². The van der Waals surface area contributed by atoms with E-state index < -0.39 is 12.0 Å². The van der Waals surface area contributed by atoms with Gasteiger partial charge in [-0.3, -0.25) is 9.69 Å². The van der Waals surface area contributed by atoms with Crippen molar-refractivity contribution in [1.29, 1.82) is 0 Å². The Morgan fingerprint density at radius 3 is 2.74 bits per heavy atom. The minimum atomic E-state index is -0.720. The number of ether oxygens (including phenoxy) is 2. The van der Waals surface area contributed by atoms with Gasteiger partial charge in [-0.1, -0.05) is 41.0 Å². The molecule has 1 fully saturated rings. The van der Waals surface area contributed by atoms with Crippen molar-refractivity contribution in [2.75, 3.05) is 20.3 Å². The molecule has 2 aliphatic heterocycles. The molecule has 0 radical (unpaired) electrons. The first-order valence-electron chi connectivity index (χ1n) is 8.25. The van der Waals surface area contributed by atoms with Gasteiger partial charge in [0.2, 0.25) is 5.91 Å². The summed E-state index contributed by atoms with van der Waals surface area (Å²) in [5.74, 6) is -0.690. The number of nitrogens with zero attached hydrogens (tertiary/aromatic N) is 2. The number of carbonyl (C=O) groups excluding carboxylic acids is 2. The van der Waals surface area contributed by atoms with Gasteiger partial charge in [0, 0.05) is 17.2 Å². The van der Waals surface area contributed by atoms with Crippen LogP contribution in [-0.2, 0) is 19.1 Å². The lowest BCUT2D eigenvalue weighted by molar-refractivity contribution is -0.141. The highest BCUT2D eigenvalue weighted by atomic mass is 35.5. The van der Waals surface area contributed by atoms with Crippen LogP contribution in [0.15, 0.2) is 34.5 Å². The molecule has 27 heavy (non-hydrogen) atoms. The van der Waals surface area contributed by atoms with E-state index in [1.54, 1.807) is 32.0 Å². The third-order valence-corrected chi connectivity index (χ3v) is 5.87. The number of hydrogen-bond donors (Lipinski definition) is 0. The molecule has 1 aromatic rings. The van der Waals surface area contributed by atoms with Gasteiger partial charge in [0.15, 0.2) is 5.17 Å². The van der Waals surface area contributed by atoms with E-state index >= 15 is 0 Å². The zero-order chi connectivity index (χ0) is 19.7. The minimum Gasteiger partial charge on any atom is -0.460 e. The molecule has 1 aromatic carbocycles. The van der Waals surface area contributed by atoms with Crippen molar-refractivity contribution in [3.8, 4) is 0 Å². The number of halogens is 2. The number of amidine groups is 1. The van der Waals surface area contributed by atoms with Crippen LogP contribution >= 0.6 is 35.0 Å². The Bertz CT molecular complexity index is 856. The van der Waals surface area contributed by atoms with E-state index in [0.29, 0.717) is 26.5 Å². The van der Waals surface area contributed by atoms with Crippen LogP contribution in [0.3, 0.4) is 0 Å². The molecule has 2 heterocycles. The Balaban J connectivity index is 2.09. The van der Waals surface area contributed by atoms with Crippen molar-refractivity contribution in [1.82, 2.24) is 4.90 Å². The fourth-order valence-electron chi connectivity index (χ4n) is 2.98. The molecule has 1 saturated heterocycles. The summed E-state index contributed by atoms with van der Waals surface area (Å²) in [5, 5.41) is 1.08. The Hall–Kier alpha value is -1.54. The number of allylic oxidation sites excluding steroid dienone is 1. The Kier molecular flexibility index (Phi) is 6.15. The summed E-state index contributed by atoms with van der Waals surface area (Å²) in [6.45, 7) is 3.90. The molecule has 0 aromatic heterocycles. The van der Waals surface area contributed by atoms with Gasteiger partial charge >= 0.3 is 5.97 Å². The van der Waals surface area contributed by atoms with E-state index in [1.807, 2.05) is 0 Å². The molecular formula is C18H18Cl2N2O4S. The van der Waals surface area contributed by atoms with Gasteiger partial charge in [-0.25, -0.2) is 9.79 Å². The quantitative estimate of drug-likeness (QED) is 0.526. The van der Waals surface area contributed by atoms with Gasteiger partial charge in [0.05, 0.1) is 29.2 Å². The zero-order valence-corrected chi connectivity index (χ0v) is 17.3. The first kappa shape index (κ1) is 20.2. The lowest BCUT2D eigenvalue weighted by Crippen LogP contribution is -2.40. The highest BCUT2D eigenvalue weighted by molar-refractivity contribution is 8.15. The molecular weight excluding hydrogens is 411 g/mol. The Morgan fingerprint density at radius 2 is 2.07 bits per heavy atom. The topological polar surface area (TPSA) is 68.2 Å². The van der Waals surface area contributed by atoms with Gasteiger partial charge in [-0.05, 0) is 31.5 Å². The molecule has 0 saturated carbocycles. The molecule has 9 heteroatoms. The van der Waals surface area contributed by atoms with Gasteiger partial charge in [0.1, 0.15) is 6.61 Å². The summed E-state index contributed by atoms with van der Waals surface area (Å²) in [5.41, 5.74) is 1.37. The predicted molar refractivity (Wildman–Crippen MR) is 106 cm³/mol. The summed E-state index contributed by atoms with van der Waals surface area (Å²) >= 11 is 13.8. The number of fused-ring (bicyclic) bond motifs is 1. The van der Waals surface area contributed by atoms with Gasteiger partial charge in [-0.15, -0.1) is 0 Å². The van der Waals surface area contributed by atoms with Crippen LogP contribution in [0.1, 0.15) is 25.5 Å². The van der Waals surface area contributed by atoms with E-state index in [9.17, 15) is 9.59 Å². The van der Waals surface area contributed by atoms with Crippen LogP contribution in [0, 0.1) is 0 Å². The number of rotatable bonds is 5. The molecule has 0 unspecified atom stereocenters. The summed E-state index contributed by atoms with van der Waals surface area (Å²) in [4.78, 5) is 31.6. The van der Waals surface area contributed by atoms with E-state index in [0.717, 1.165) is 0 Å². The number of hydrogen-bond acceptors (Lipinski definition) is 6. The monoisotopic (exact) mass is 428 g/mol. The van der Waals surface area contributed by atoms with Crippen molar-refractivity contribution in [2.45, 2.75) is 25.1 Å². The fourth-order valence-corrected chi connectivity index (χ4v) is 4.52. The minimum absolute atomic E-state index is 0.100. The largest absolute Gasteiger partial charge is 0.460 e. The second kappa shape index (κ2) is 8.22. The van der Waals surface area contributed by atoms with Crippen LogP contribution in [0.2, 0.25) is 10.0 Å². The Labute approximate surface area is 171 Å². The smallest absolute Gasteiger partial charge is 0.338 e. The van der Waals surface area contributed by atoms with Crippen molar-refractivity contribution >= 4 is 52.0 Å². The summed E-state index contributed by atoms with van der Waals surface area (Å²) in [6, 6.07) is 4.26. The van der Waals surface area contributed by atoms with E-state index in [2.05, 4.69) is 4.99 Å². The third-order valence-electron chi connectivity index (χ3n) is 4.26. The molecule has 0 aliphatic carbocycles. The number of carbonyl (C=O) groups is 2. The molecule has 3 rings (SSSR count). The number of benzene rings is 1. The number of thioether (sulfide) groups is 1. The average Bonchev–Trinajstić information content (AvgIpc) is 2.88. The average molecular weight is 429 g/mol. The van der Waals surface area contributed by atoms with Crippen molar-refractivity contribution in [3.05, 3.63) is 45.1 Å². The standard InChI is InChI=1S/C18H18Cl2N2O4S/c1-9-14(17(24)26-7-6-25-3)15(12-5-4-11(19)8-13(12)20)22-16(23)10(2)27-18(22)21-9/h4-5,8,10,15H,6-7H2,1-3H3/t10-,15+/m0/s1. The van der Waals surface area contributed by atoms with E-state index in [1.165, 1.54) is 23.8 Å². The fraction of sp³-hybridized carbons (Fsp3) is 0.389. The first-order valence-corrected chi connectivity index (χ1v) is 9.89. The van der Waals surface area contributed by atoms with Gasteiger partial charge < -0.3 is 9.47 Å². The van der Waals surface area contributed by atoms with Crippen molar-refractivity contribution in [3.63, 3.8) is 0 Å². The maximum atomic E-state index is 12.8. The molecule has 1 amide bonds. The predicted octanol–water partition coefficient (Wildman–Crippen LogP) is 3.83. The maximum absolute atomic E-state index is 12.8. The SMILES string of the molecule is COCCOC(=O)C1=C(C)N=C2S[C@@H](C)C(=O)N2[C@@H]1c1ccc(Cl)cc1Cl. The maximum Gasteiger partial charge on any atom is 0.338 e.